The molecule has 0 unspecified atom stereocenters. The number of hydrogen-bond donors (Lipinski definition) is 2. The van der Waals surface area contributed by atoms with E-state index < -0.39 is 0 Å². The molecule has 1 aliphatic heterocycles. The summed E-state index contributed by atoms with van der Waals surface area (Å²) in [4.78, 5) is 27.0. The van der Waals surface area contributed by atoms with Gasteiger partial charge in [-0.15, -0.1) is 12.4 Å². The van der Waals surface area contributed by atoms with Crippen LogP contribution in [0.25, 0.3) is 22.0 Å². The van der Waals surface area contributed by atoms with Crippen LogP contribution in [0.1, 0.15) is 32.1 Å². The van der Waals surface area contributed by atoms with E-state index in [0.29, 0.717) is 23.5 Å². The number of amides is 1. The highest BCUT2D eigenvalue weighted by Gasteiger charge is 2.23. The molecule has 1 fully saturated rings. The SMILES string of the molecule is COC[C@@H]1CCCN1CCCCC(=O)Nc1cccc(-c2n[nH]c(=O)c3ccccc23)c1.Cl. The van der Waals surface area contributed by atoms with Crippen LogP contribution in [-0.2, 0) is 9.53 Å². The Morgan fingerprint density at radius 2 is 2.00 bits per heavy atom. The molecule has 1 saturated heterocycles. The molecule has 1 amide bonds. The van der Waals surface area contributed by atoms with Crippen molar-refractivity contribution in [1.29, 1.82) is 0 Å². The molecule has 7 nitrogen and oxygen atoms in total. The van der Waals surface area contributed by atoms with E-state index >= 15 is 0 Å². The molecule has 33 heavy (non-hydrogen) atoms. The first-order chi connectivity index (χ1) is 15.7. The van der Waals surface area contributed by atoms with Crippen LogP contribution < -0.4 is 10.9 Å². The summed E-state index contributed by atoms with van der Waals surface area (Å²) in [5.41, 5.74) is 2.04. The van der Waals surface area contributed by atoms with Gasteiger partial charge in [-0.05, 0) is 57.0 Å². The number of unbranched alkanes of at least 4 members (excludes halogenated alkanes) is 1. The Balaban J connectivity index is 0.00000306. The first-order valence-corrected chi connectivity index (χ1v) is 11.3. The van der Waals surface area contributed by atoms with Gasteiger partial charge in [0.2, 0.25) is 5.91 Å². The highest BCUT2D eigenvalue weighted by Crippen LogP contribution is 2.26. The number of nitrogens with one attached hydrogen (secondary N) is 2. The highest BCUT2D eigenvalue weighted by atomic mass is 35.5. The lowest BCUT2D eigenvalue weighted by Crippen LogP contribution is -2.33. The van der Waals surface area contributed by atoms with Gasteiger partial charge in [-0.2, -0.15) is 5.10 Å². The summed E-state index contributed by atoms with van der Waals surface area (Å²) < 4.78 is 5.31. The average Bonchev–Trinajstić information content (AvgIpc) is 3.25. The quantitative estimate of drug-likeness (QED) is 0.457. The number of carbonyl (C=O) groups excluding carboxylic acids is 1. The van der Waals surface area contributed by atoms with Gasteiger partial charge in [0.15, 0.2) is 0 Å². The number of benzene rings is 2. The first-order valence-electron chi connectivity index (χ1n) is 11.3. The molecule has 0 radical (unpaired) electrons. The maximum absolute atomic E-state index is 12.5. The summed E-state index contributed by atoms with van der Waals surface area (Å²) in [6, 6.07) is 15.5. The van der Waals surface area contributed by atoms with Gasteiger partial charge in [-0.25, -0.2) is 5.10 Å². The Morgan fingerprint density at radius 1 is 1.18 bits per heavy atom. The van der Waals surface area contributed by atoms with Crippen molar-refractivity contribution in [2.45, 2.75) is 38.1 Å². The topological polar surface area (TPSA) is 87.3 Å². The highest BCUT2D eigenvalue weighted by molar-refractivity contribution is 5.95. The van der Waals surface area contributed by atoms with Gasteiger partial charge in [-0.1, -0.05) is 30.3 Å². The van der Waals surface area contributed by atoms with Crippen LogP contribution in [0.2, 0.25) is 0 Å². The zero-order valence-corrected chi connectivity index (χ0v) is 19.7. The number of carbonyl (C=O) groups is 1. The number of hydrogen-bond acceptors (Lipinski definition) is 5. The van der Waals surface area contributed by atoms with E-state index in [1.54, 1.807) is 13.2 Å². The van der Waals surface area contributed by atoms with Crippen molar-refractivity contribution < 1.29 is 9.53 Å². The predicted octanol–water partition coefficient (Wildman–Crippen LogP) is 4.23. The molecule has 8 heteroatoms. The standard InChI is InChI=1S/C25H30N4O3.ClH/c1-32-17-20-10-7-15-29(20)14-5-4-13-23(30)26-19-9-6-8-18(16-19)24-21-11-2-3-12-22(21)25(31)28-27-24;/h2-3,6,8-9,11-12,16,20H,4-5,7,10,13-15,17H2,1H3,(H,26,30)(H,28,31);1H/t20-;/m0./s1. The van der Waals surface area contributed by atoms with Crippen LogP contribution in [0, 0.1) is 0 Å². The molecule has 1 aromatic heterocycles. The van der Waals surface area contributed by atoms with Gasteiger partial charge in [0, 0.05) is 36.2 Å². The molecule has 0 saturated carbocycles. The Labute approximate surface area is 199 Å². The van der Waals surface area contributed by atoms with Crippen molar-refractivity contribution in [3.05, 3.63) is 58.9 Å². The van der Waals surface area contributed by atoms with Crippen LogP contribution in [-0.4, -0.2) is 53.9 Å². The van der Waals surface area contributed by atoms with Crippen LogP contribution >= 0.6 is 12.4 Å². The fourth-order valence-corrected chi connectivity index (χ4v) is 4.47. The normalized spacial score (nSPS) is 16.0. The van der Waals surface area contributed by atoms with Crippen molar-refractivity contribution in [2.24, 2.45) is 0 Å². The van der Waals surface area contributed by atoms with Gasteiger partial charge in [-0.3, -0.25) is 14.5 Å². The van der Waals surface area contributed by atoms with E-state index in [1.807, 2.05) is 42.5 Å². The molecule has 2 N–H and O–H groups in total. The van der Waals surface area contributed by atoms with E-state index in [4.69, 9.17) is 4.74 Å². The molecule has 0 aliphatic carbocycles. The summed E-state index contributed by atoms with van der Waals surface area (Å²) in [6.07, 6.45) is 4.77. The molecule has 4 rings (SSSR count). The number of anilines is 1. The van der Waals surface area contributed by atoms with Crippen molar-refractivity contribution in [1.82, 2.24) is 15.1 Å². The third-order valence-corrected chi connectivity index (χ3v) is 6.07. The monoisotopic (exact) mass is 470 g/mol. The van der Waals surface area contributed by atoms with Crippen molar-refractivity contribution in [3.63, 3.8) is 0 Å². The van der Waals surface area contributed by atoms with Crippen molar-refractivity contribution in [2.75, 3.05) is 32.1 Å². The molecule has 1 atom stereocenters. The smallest absolute Gasteiger partial charge is 0.272 e. The number of fused-ring (bicyclic) bond motifs is 1. The second-order valence-electron chi connectivity index (χ2n) is 8.32. The summed E-state index contributed by atoms with van der Waals surface area (Å²) >= 11 is 0. The Morgan fingerprint density at radius 3 is 2.82 bits per heavy atom. The lowest BCUT2D eigenvalue weighted by Gasteiger charge is -2.23. The van der Waals surface area contributed by atoms with Gasteiger partial charge in [0.1, 0.15) is 0 Å². The lowest BCUT2D eigenvalue weighted by molar-refractivity contribution is -0.116. The van der Waals surface area contributed by atoms with E-state index in [1.165, 1.54) is 12.8 Å². The number of methoxy groups -OCH3 is 1. The number of nitrogens with zero attached hydrogens (tertiary/aromatic N) is 2. The molecule has 2 aromatic carbocycles. The molecule has 0 spiro atoms. The maximum atomic E-state index is 12.5. The number of aromatic nitrogens is 2. The second-order valence-corrected chi connectivity index (χ2v) is 8.32. The maximum Gasteiger partial charge on any atom is 0.272 e. The fraction of sp³-hybridized carbons (Fsp3) is 0.400. The minimum Gasteiger partial charge on any atom is -0.383 e. The van der Waals surface area contributed by atoms with Crippen molar-refractivity contribution >= 4 is 34.8 Å². The van der Waals surface area contributed by atoms with Gasteiger partial charge in [0.05, 0.1) is 17.7 Å². The largest absolute Gasteiger partial charge is 0.383 e. The molecular weight excluding hydrogens is 440 g/mol. The first kappa shape index (κ1) is 24.9. The minimum absolute atomic E-state index is 0. The van der Waals surface area contributed by atoms with Crippen LogP contribution in [0.4, 0.5) is 5.69 Å². The molecule has 2 heterocycles. The van der Waals surface area contributed by atoms with E-state index in [0.717, 1.165) is 49.2 Å². The van der Waals surface area contributed by atoms with Gasteiger partial charge < -0.3 is 10.1 Å². The number of halogens is 1. The lowest BCUT2D eigenvalue weighted by atomic mass is 10.0. The third kappa shape index (κ3) is 6.19. The third-order valence-electron chi connectivity index (χ3n) is 6.07. The minimum atomic E-state index is -0.212. The molecule has 0 bridgehead atoms. The van der Waals surface area contributed by atoms with Crippen LogP contribution in [0.5, 0.6) is 0 Å². The number of ether oxygens (including phenoxy) is 1. The number of rotatable bonds is 9. The summed E-state index contributed by atoms with van der Waals surface area (Å²) in [5.74, 6) is 0.0105. The predicted molar refractivity (Wildman–Crippen MR) is 134 cm³/mol. The van der Waals surface area contributed by atoms with Gasteiger partial charge >= 0.3 is 0 Å². The van der Waals surface area contributed by atoms with Crippen LogP contribution in [0.3, 0.4) is 0 Å². The summed E-state index contributed by atoms with van der Waals surface area (Å²) in [5, 5.41) is 11.2. The van der Waals surface area contributed by atoms with E-state index in [2.05, 4.69) is 20.4 Å². The Kier molecular flexibility index (Phi) is 9.00. The molecule has 3 aromatic rings. The molecule has 1 aliphatic rings. The molecular formula is C25H31ClN4O3. The zero-order valence-electron chi connectivity index (χ0n) is 18.9. The van der Waals surface area contributed by atoms with Gasteiger partial charge in [0.25, 0.3) is 5.56 Å². The van der Waals surface area contributed by atoms with E-state index in [-0.39, 0.29) is 23.9 Å². The van der Waals surface area contributed by atoms with Crippen LogP contribution in [0.15, 0.2) is 53.3 Å². The number of H-pyrrole nitrogens is 1. The summed E-state index contributed by atoms with van der Waals surface area (Å²) in [7, 11) is 1.76. The number of aromatic amines is 1. The average molecular weight is 471 g/mol. The van der Waals surface area contributed by atoms with E-state index in [9.17, 15) is 9.59 Å². The Bertz CT molecular complexity index is 1130. The second kappa shape index (κ2) is 11.9. The molecule has 176 valence electrons. The zero-order chi connectivity index (χ0) is 22.3. The Hall–Kier alpha value is -2.74. The fourth-order valence-electron chi connectivity index (χ4n) is 4.47. The van der Waals surface area contributed by atoms with Crippen molar-refractivity contribution in [3.8, 4) is 11.3 Å². The summed E-state index contributed by atoms with van der Waals surface area (Å²) in [6.45, 7) is 2.93. The number of likely N-dealkylation sites (tertiary alicyclic amines) is 1.